The fraction of sp³-hybridized carbons (Fsp3) is 0.682. The maximum absolute atomic E-state index is 5.70. The number of aliphatic imine (C=N–C) groups is 1. The van der Waals surface area contributed by atoms with Gasteiger partial charge in [-0.1, -0.05) is 24.3 Å². The van der Waals surface area contributed by atoms with E-state index in [0.717, 1.165) is 70.7 Å². The molecule has 5 nitrogen and oxygen atoms in total. The first-order valence-electron chi connectivity index (χ1n) is 10.4. The van der Waals surface area contributed by atoms with E-state index in [4.69, 9.17) is 9.47 Å². The quantitative estimate of drug-likeness (QED) is 0.397. The van der Waals surface area contributed by atoms with E-state index in [1.165, 1.54) is 24.0 Å². The highest BCUT2D eigenvalue weighted by atomic mass is 16.5. The van der Waals surface area contributed by atoms with Gasteiger partial charge in [0.05, 0.1) is 0 Å². The van der Waals surface area contributed by atoms with Crippen LogP contribution in [0.25, 0.3) is 0 Å². The van der Waals surface area contributed by atoms with Crippen LogP contribution in [0.3, 0.4) is 0 Å². The SMILES string of the molecule is CN=C(NCCCOCC1CC1)NCC1(c2ccccc2C)CCOCC1. The Kier molecular flexibility index (Phi) is 7.53. The van der Waals surface area contributed by atoms with E-state index in [0.29, 0.717) is 0 Å². The van der Waals surface area contributed by atoms with E-state index in [1.54, 1.807) is 0 Å². The van der Waals surface area contributed by atoms with E-state index in [-0.39, 0.29) is 5.41 Å². The standard InChI is InChI=1S/C22H35N3O2/c1-18-6-3-4-7-20(18)22(10-14-26-15-11-22)17-25-21(23-2)24-12-5-13-27-16-19-8-9-19/h3-4,6-7,19H,5,8-17H2,1-2H3,(H2,23,24,25). The molecule has 1 aromatic rings. The summed E-state index contributed by atoms with van der Waals surface area (Å²) in [6.07, 6.45) is 5.78. The Labute approximate surface area is 163 Å². The van der Waals surface area contributed by atoms with Gasteiger partial charge in [0.15, 0.2) is 5.96 Å². The van der Waals surface area contributed by atoms with Crippen molar-refractivity contribution in [3.05, 3.63) is 35.4 Å². The number of rotatable bonds is 9. The minimum Gasteiger partial charge on any atom is -0.381 e. The van der Waals surface area contributed by atoms with Gasteiger partial charge in [-0.2, -0.15) is 0 Å². The first kappa shape index (κ1) is 20.2. The molecule has 0 radical (unpaired) electrons. The van der Waals surface area contributed by atoms with Crippen molar-refractivity contribution in [1.29, 1.82) is 0 Å². The van der Waals surface area contributed by atoms with E-state index in [1.807, 2.05) is 7.05 Å². The fourth-order valence-electron chi connectivity index (χ4n) is 3.86. The zero-order valence-corrected chi connectivity index (χ0v) is 16.9. The van der Waals surface area contributed by atoms with Crippen molar-refractivity contribution >= 4 is 5.96 Å². The topological polar surface area (TPSA) is 54.9 Å². The number of aryl methyl sites for hydroxylation is 1. The van der Waals surface area contributed by atoms with Crippen molar-refractivity contribution in [1.82, 2.24) is 10.6 Å². The van der Waals surface area contributed by atoms with E-state index >= 15 is 0 Å². The molecule has 5 heteroatoms. The third kappa shape index (κ3) is 5.94. The van der Waals surface area contributed by atoms with Crippen LogP contribution in [0, 0.1) is 12.8 Å². The third-order valence-corrected chi connectivity index (χ3v) is 5.79. The summed E-state index contributed by atoms with van der Waals surface area (Å²) in [4.78, 5) is 4.40. The summed E-state index contributed by atoms with van der Waals surface area (Å²) in [7, 11) is 1.84. The van der Waals surface area contributed by atoms with Crippen molar-refractivity contribution in [3.8, 4) is 0 Å². The maximum atomic E-state index is 5.70. The largest absolute Gasteiger partial charge is 0.381 e. The van der Waals surface area contributed by atoms with Crippen LogP contribution in [-0.4, -0.2) is 52.5 Å². The average Bonchev–Trinajstić information content (AvgIpc) is 3.52. The molecule has 0 aromatic heterocycles. The van der Waals surface area contributed by atoms with Gasteiger partial charge in [-0.05, 0) is 56.1 Å². The molecule has 150 valence electrons. The molecular weight excluding hydrogens is 338 g/mol. The van der Waals surface area contributed by atoms with Crippen molar-refractivity contribution in [3.63, 3.8) is 0 Å². The number of benzene rings is 1. The molecule has 1 aromatic carbocycles. The molecule has 2 N–H and O–H groups in total. The number of nitrogens with zero attached hydrogens (tertiary/aromatic N) is 1. The smallest absolute Gasteiger partial charge is 0.191 e. The first-order valence-corrected chi connectivity index (χ1v) is 10.4. The monoisotopic (exact) mass is 373 g/mol. The Morgan fingerprint density at radius 2 is 2.00 bits per heavy atom. The Hall–Kier alpha value is -1.59. The van der Waals surface area contributed by atoms with Gasteiger partial charge < -0.3 is 20.1 Å². The molecule has 1 aliphatic carbocycles. The van der Waals surface area contributed by atoms with Crippen LogP contribution in [0.15, 0.2) is 29.3 Å². The van der Waals surface area contributed by atoms with Crippen LogP contribution in [-0.2, 0) is 14.9 Å². The molecule has 0 amide bonds. The minimum atomic E-state index is 0.106. The zero-order valence-electron chi connectivity index (χ0n) is 16.9. The lowest BCUT2D eigenvalue weighted by Gasteiger charge is -2.39. The molecule has 2 aliphatic rings. The van der Waals surface area contributed by atoms with Crippen LogP contribution in [0.2, 0.25) is 0 Å². The molecule has 1 aliphatic heterocycles. The van der Waals surface area contributed by atoms with Gasteiger partial charge in [0.25, 0.3) is 0 Å². The van der Waals surface area contributed by atoms with Gasteiger partial charge in [-0.25, -0.2) is 0 Å². The highest BCUT2D eigenvalue weighted by Gasteiger charge is 2.35. The molecule has 2 fully saturated rings. The highest BCUT2D eigenvalue weighted by Crippen LogP contribution is 2.36. The molecule has 27 heavy (non-hydrogen) atoms. The normalized spacial score (nSPS) is 19.7. The third-order valence-electron chi connectivity index (χ3n) is 5.79. The zero-order chi connectivity index (χ0) is 19.0. The fourth-order valence-corrected chi connectivity index (χ4v) is 3.86. The molecule has 0 unspecified atom stereocenters. The van der Waals surface area contributed by atoms with Gasteiger partial charge in [0.2, 0.25) is 0 Å². The van der Waals surface area contributed by atoms with Crippen LogP contribution < -0.4 is 10.6 Å². The first-order chi connectivity index (χ1) is 13.2. The van der Waals surface area contributed by atoms with Gasteiger partial charge in [0, 0.05) is 52.0 Å². The molecule has 0 atom stereocenters. The van der Waals surface area contributed by atoms with Crippen molar-refractivity contribution in [2.75, 3.05) is 46.6 Å². The molecule has 1 heterocycles. The van der Waals surface area contributed by atoms with Crippen LogP contribution in [0.1, 0.15) is 43.2 Å². The number of ether oxygens (including phenoxy) is 2. The lowest BCUT2D eigenvalue weighted by atomic mass is 9.72. The molecule has 3 rings (SSSR count). The summed E-state index contributed by atoms with van der Waals surface area (Å²) in [6.45, 7) is 7.37. The Morgan fingerprint density at radius 3 is 2.70 bits per heavy atom. The lowest BCUT2D eigenvalue weighted by molar-refractivity contribution is 0.0511. The number of nitrogens with one attached hydrogen (secondary N) is 2. The summed E-state index contributed by atoms with van der Waals surface area (Å²) < 4.78 is 11.4. The predicted molar refractivity (Wildman–Crippen MR) is 110 cm³/mol. The predicted octanol–water partition coefficient (Wildman–Crippen LogP) is 3.02. The van der Waals surface area contributed by atoms with Gasteiger partial charge >= 0.3 is 0 Å². The molecule has 1 saturated carbocycles. The van der Waals surface area contributed by atoms with E-state index in [2.05, 4.69) is 46.8 Å². The molecule has 0 bridgehead atoms. The minimum absolute atomic E-state index is 0.106. The Morgan fingerprint density at radius 1 is 1.22 bits per heavy atom. The van der Waals surface area contributed by atoms with Gasteiger partial charge in [-0.3, -0.25) is 4.99 Å². The van der Waals surface area contributed by atoms with E-state index in [9.17, 15) is 0 Å². The summed E-state index contributed by atoms with van der Waals surface area (Å²) in [5.41, 5.74) is 2.90. The summed E-state index contributed by atoms with van der Waals surface area (Å²) in [6, 6.07) is 8.75. The summed E-state index contributed by atoms with van der Waals surface area (Å²) in [5.74, 6) is 1.71. The number of hydrogen-bond donors (Lipinski definition) is 2. The maximum Gasteiger partial charge on any atom is 0.191 e. The van der Waals surface area contributed by atoms with Crippen molar-refractivity contribution < 1.29 is 9.47 Å². The van der Waals surface area contributed by atoms with Crippen LogP contribution in [0.5, 0.6) is 0 Å². The van der Waals surface area contributed by atoms with Gasteiger partial charge in [0.1, 0.15) is 0 Å². The van der Waals surface area contributed by atoms with Crippen molar-refractivity contribution in [2.24, 2.45) is 10.9 Å². The Bertz CT molecular complexity index is 607. The van der Waals surface area contributed by atoms with Crippen molar-refractivity contribution in [2.45, 2.75) is 44.4 Å². The van der Waals surface area contributed by atoms with E-state index < -0.39 is 0 Å². The number of hydrogen-bond acceptors (Lipinski definition) is 3. The second-order valence-electron chi connectivity index (χ2n) is 7.93. The molecule has 1 saturated heterocycles. The van der Waals surface area contributed by atoms with Crippen LogP contribution in [0.4, 0.5) is 0 Å². The second kappa shape index (κ2) is 10.1. The second-order valence-corrected chi connectivity index (χ2v) is 7.93. The Balaban J connectivity index is 1.48. The molecular formula is C22H35N3O2. The lowest BCUT2D eigenvalue weighted by Crippen LogP contribution is -2.48. The summed E-state index contributed by atoms with van der Waals surface area (Å²) >= 11 is 0. The number of guanidine groups is 1. The van der Waals surface area contributed by atoms with Crippen LogP contribution >= 0.6 is 0 Å². The molecule has 0 spiro atoms. The van der Waals surface area contributed by atoms with Gasteiger partial charge in [-0.15, -0.1) is 0 Å². The highest BCUT2D eigenvalue weighted by molar-refractivity contribution is 5.79. The summed E-state index contributed by atoms with van der Waals surface area (Å²) in [5, 5.41) is 6.99. The average molecular weight is 374 g/mol.